The SMILES string of the molecule is C=C[SiH2]COC(=O)OCCCC. The average Bonchev–Trinajstić information content (AvgIpc) is 2.06. The van der Waals surface area contributed by atoms with E-state index in [0.717, 1.165) is 12.8 Å². The first-order valence-corrected chi connectivity index (χ1v) is 6.03. The van der Waals surface area contributed by atoms with Crippen LogP contribution in [-0.2, 0) is 9.47 Å². The molecule has 0 aromatic rings. The van der Waals surface area contributed by atoms with Gasteiger partial charge in [0.2, 0.25) is 0 Å². The second kappa shape index (κ2) is 8.32. The fraction of sp³-hybridized carbons (Fsp3) is 0.625. The van der Waals surface area contributed by atoms with Crippen LogP contribution in [0.4, 0.5) is 4.79 Å². The predicted octanol–water partition coefficient (Wildman–Crippen LogP) is 1.21. The molecule has 0 N–H and O–H groups in total. The van der Waals surface area contributed by atoms with E-state index in [1.807, 2.05) is 12.6 Å². The van der Waals surface area contributed by atoms with Gasteiger partial charge in [0, 0.05) is 0 Å². The van der Waals surface area contributed by atoms with Crippen molar-refractivity contribution < 1.29 is 14.3 Å². The Labute approximate surface area is 75.6 Å². The molecule has 0 atom stereocenters. The Balaban J connectivity index is 3.15. The number of hydrogen-bond donors (Lipinski definition) is 0. The van der Waals surface area contributed by atoms with Crippen molar-refractivity contribution in [2.24, 2.45) is 0 Å². The largest absolute Gasteiger partial charge is 0.507 e. The summed E-state index contributed by atoms with van der Waals surface area (Å²) >= 11 is 0. The molecule has 0 rings (SSSR count). The van der Waals surface area contributed by atoms with E-state index in [2.05, 4.69) is 6.58 Å². The Morgan fingerprint density at radius 1 is 1.58 bits per heavy atom. The summed E-state index contributed by atoms with van der Waals surface area (Å²) in [6.45, 7) is 6.07. The zero-order chi connectivity index (χ0) is 9.23. The van der Waals surface area contributed by atoms with E-state index in [1.165, 1.54) is 0 Å². The van der Waals surface area contributed by atoms with E-state index in [-0.39, 0.29) is 0 Å². The monoisotopic (exact) mass is 188 g/mol. The summed E-state index contributed by atoms with van der Waals surface area (Å²) in [4.78, 5) is 10.7. The van der Waals surface area contributed by atoms with Crippen LogP contribution < -0.4 is 0 Å². The van der Waals surface area contributed by atoms with Gasteiger partial charge >= 0.3 is 6.16 Å². The lowest BCUT2D eigenvalue weighted by atomic mass is 10.4. The van der Waals surface area contributed by atoms with Crippen molar-refractivity contribution in [1.29, 1.82) is 0 Å². The molecule has 0 aliphatic rings. The van der Waals surface area contributed by atoms with E-state index < -0.39 is 15.7 Å². The summed E-state index contributed by atoms with van der Waals surface area (Å²) in [6.07, 6.45) is 1.87. The highest BCUT2D eigenvalue weighted by Crippen LogP contribution is 1.90. The molecule has 0 fully saturated rings. The van der Waals surface area contributed by atoms with Crippen LogP contribution in [0.3, 0.4) is 0 Å². The Kier molecular flexibility index (Phi) is 7.79. The number of ether oxygens (including phenoxy) is 2. The molecule has 3 nitrogen and oxygen atoms in total. The normalized spacial score (nSPS) is 10.1. The Morgan fingerprint density at radius 2 is 2.33 bits per heavy atom. The highest BCUT2D eigenvalue weighted by atomic mass is 28.2. The standard InChI is InChI=1S/C8H16O3Si/c1-3-5-6-10-8(9)11-7-12-4-2/h4H,2-3,5-7,12H2,1H3. The van der Waals surface area contributed by atoms with E-state index in [9.17, 15) is 4.79 Å². The highest BCUT2D eigenvalue weighted by Gasteiger charge is 2.00. The van der Waals surface area contributed by atoms with Crippen LogP contribution in [0, 0.1) is 0 Å². The topological polar surface area (TPSA) is 35.5 Å². The molecule has 12 heavy (non-hydrogen) atoms. The molecule has 0 unspecified atom stereocenters. The quantitative estimate of drug-likeness (QED) is 0.357. The van der Waals surface area contributed by atoms with Crippen LogP contribution in [0.2, 0.25) is 0 Å². The van der Waals surface area contributed by atoms with Gasteiger partial charge in [0.05, 0.1) is 22.4 Å². The lowest BCUT2D eigenvalue weighted by Crippen LogP contribution is -2.11. The predicted molar refractivity (Wildman–Crippen MR) is 50.9 cm³/mol. The zero-order valence-corrected chi connectivity index (χ0v) is 8.96. The minimum absolute atomic E-state index is 0.409. The molecule has 0 bridgehead atoms. The lowest BCUT2D eigenvalue weighted by molar-refractivity contribution is 0.0664. The summed E-state index contributed by atoms with van der Waals surface area (Å²) in [7, 11) is -0.409. The van der Waals surface area contributed by atoms with Gasteiger partial charge in [0.1, 0.15) is 0 Å². The van der Waals surface area contributed by atoms with Crippen LogP contribution in [0.1, 0.15) is 19.8 Å². The molecule has 0 aliphatic carbocycles. The van der Waals surface area contributed by atoms with Gasteiger partial charge in [0.15, 0.2) is 0 Å². The van der Waals surface area contributed by atoms with Crippen LogP contribution in [0.5, 0.6) is 0 Å². The third kappa shape index (κ3) is 7.34. The maximum atomic E-state index is 10.7. The maximum absolute atomic E-state index is 10.7. The number of carbonyl (C=O) groups is 1. The summed E-state index contributed by atoms with van der Waals surface area (Å²) in [5, 5.41) is 0. The lowest BCUT2D eigenvalue weighted by Gasteiger charge is -2.03. The molecule has 0 radical (unpaired) electrons. The minimum atomic E-state index is -0.544. The first-order chi connectivity index (χ1) is 5.81. The third-order valence-electron chi connectivity index (χ3n) is 1.26. The fourth-order valence-corrected chi connectivity index (χ4v) is 1.02. The molecule has 0 aliphatic heterocycles. The van der Waals surface area contributed by atoms with Gasteiger partial charge in [-0.05, 0) is 6.42 Å². The van der Waals surface area contributed by atoms with Crippen molar-refractivity contribution >= 4 is 15.7 Å². The molecule has 0 heterocycles. The average molecular weight is 188 g/mol. The molecule has 0 aromatic heterocycles. The van der Waals surface area contributed by atoms with Crippen molar-refractivity contribution in [3.05, 3.63) is 12.3 Å². The second-order valence-corrected chi connectivity index (χ2v) is 3.94. The van der Waals surface area contributed by atoms with Gasteiger partial charge in [-0.25, -0.2) is 4.79 Å². The third-order valence-corrected chi connectivity index (χ3v) is 2.11. The van der Waals surface area contributed by atoms with Crippen LogP contribution in [0.15, 0.2) is 12.3 Å². The molecule has 0 saturated carbocycles. The summed E-state index contributed by atoms with van der Waals surface area (Å²) in [5.74, 6) is 0. The van der Waals surface area contributed by atoms with Gasteiger partial charge in [-0.1, -0.05) is 13.3 Å². The van der Waals surface area contributed by atoms with Gasteiger partial charge in [0.25, 0.3) is 0 Å². The van der Waals surface area contributed by atoms with Crippen molar-refractivity contribution in [1.82, 2.24) is 0 Å². The zero-order valence-electron chi connectivity index (χ0n) is 7.54. The van der Waals surface area contributed by atoms with Gasteiger partial charge in [-0.3, -0.25) is 0 Å². The van der Waals surface area contributed by atoms with Crippen LogP contribution in [0.25, 0.3) is 0 Å². The van der Waals surface area contributed by atoms with Crippen molar-refractivity contribution in [3.8, 4) is 0 Å². The van der Waals surface area contributed by atoms with Crippen LogP contribution in [-0.4, -0.2) is 28.5 Å². The molecule has 70 valence electrons. The molecular formula is C8H16O3Si. The Bertz CT molecular complexity index is 136. The smallest absolute Gasteiger partial charge is 0.438 e. The van der Waals surface area contributed by atoms with E-state index in [1.54, 1.807) is 0 Å². The molecule has 0 amide bonds. The fourth-order valence-electron chi connectivity index (χ4n) is 0.567. The summed E-state index contributed by atoms with van der Waals surface area (Å²) in [5.41, 5.74) is 1.83. The van der Waals surface area contributed by atoms with Crippen molar-refractivity contribution in [2.75, 3.05) is 12.8 Å². The number of hydrogen-bond acceptors (Lipinski definition) is 3. The first kappa shape index (κ1) is 11.2. The second-order valence-electron chi connectivity index (χ2n) is 2.38. The Hall–Kier alpha value is -0.773. The summed E-state index contributed by atoms with van der Waals surface area (Å²) < 4.78 is 9.51. The molecular weight excluding hydrogens is 172 g/mol. The van der Waals surface area contributed by atoms with Gasteiger partial charge in [-0.2, -0.15) is 0 Å². The number of unbranched alkanes of at least 4 members (excludes halogenated alkanes) is 1. The van der Waals surface area contributed by atoms with E-state index in [4.69, 9.17) is 9.47 Å². The van der Waals surface area contributed by atoms with Gasteiger partial charge < -0.3 is 9.47 Å². The first-order valence-electron chi connectivity index (χ1n) is 4.21. The van der Waals surface area contributed by atoms with E-state index in [0.29, 0.717) is 12.8 Å². The molecule has 0 aromatic carbocycles. The van der Waals surface area contributed by atoms with Crippen molar-refractivity contribution in [2.45, 2.75) is 19.8 Å². The number of rotatable bonds is 6. The molecule has 0 saturated heterocycles. The van der Waals surface area contributed by atoms with Gasteiger partial charge in [-0.15, -0.1) is 12.3 Å². The minimum Gasteiger partial charge on any atom is -0.438 e. The number of carbonyl (C=O) groups excluding carboxylic acids is 1. The Morgan fingerprint density at radius 3 is 2.92 bits per heavy atom. The molecule has 4 heteroatoms. The van der Waals surface area contributed by atoms with Crippen molar-refractivity contribution in [3.63, 3.8) is 0 Å². The van der Waals surface area contributed by atoms with E-state index >= 15 is 0 Å². The van der Waals surface area contributed by atoms with Crippen LogP contribution >= 0.6 is 0 Å². The highest BCUT2D eigenvalue weighted by molar-refractivity contribution is 6.41. The summed E-state index contributed by atoms with van der Waals surface area (Å²) in [6, 6.07) is 0. The maximum Gasteiger partial charge on any atom is 0.507 e. The molecule has 0 spiro atoms.